The van der Waals surface area contributed by atoms with Crippen molar-refractivity contribution in [2.75, 3.05) is 31.1 Å². The maximum absolute atomic E-state index is 13.2. The number of ether oxygens (including phenoxy) is 1. The van der Waals surface area contributed by atoms with Gasteiger partial charge in [0.1, 0.15) is 11.9 Å². The molecule has 8 heteroatoms. The van der Waals surface area contributed by atoms with E-state index in [2.05, 4.69) is 47.3 Å². The summed E-state index contributed by atoms with van der Waals surface area (Å²) in [6.07, 6.45) is -0.242. The fraction of sp³-hybridized carbons (Fsp3) is 0.375. The normalized spacial score (nSPS) is 18.5. The number of aromatic nitrogens is 3. The Labute approximate surface area is 186 Å². The molecule has 0 unspecified atom stereocenters. The Hall–Kier alpha value is -3.26. The van der Waals surface area contributed by atoms with Crippen LogP contribution in [0.4, 0.5) is 10.1 Å². The Morgan fingerprint density at radius 3 is 2.56 bits per heavy atom. The van der Waals surface area contributed by atoms with E-state index < -0.39 is 0 Å². The fourth-order valence-corrected chi connectivity index (χ4v) is 4.44. The number of rotatable bonds is 3. The van der Waals surface area contributed by atoms with Gasteiger partial charge in [-0.15, -0.1) is 5.10 Å². The van der Waals surface area contributed by atoms with E-state index >= 15 is 0 Å². The van der Waals surface area contributed by atoms with Crippen LogP contribution in [-0.2, 0) is 17.9 Å². The number of piperazine rings is 1. The summed E-state index contributed by atoms with van der Waals surface area (Å²) in [5.41, 5.74) is 5.73. The first-order valence-corrected chi connectivity index (χ1v) is 10.9. The zero-order valence-electron chi connectivity index (χ0n) is 18.3. The number of hydrogen-bond donors (Lipinski definition) is 0. The Bertz CT molecular complexity index is 1140. The third-order valence-electron chi connectivity index (χ3n) is 6.53. The maximum atomic E-state index is 13.2. The number of nitrogens with zero attached hydrogens (tertiary/aromatic N) is 5. The predicted octanol–water partition coefficient (Wildman–Crippen LogP) is 3.27. The van der Waals surface area contributed by atoms with Crippen molar-refractivity contribution in [3.8, 4) is 0 Å². The number of halogens is 1. The van der Waals surface area contributed by atoms with E-state index in [1.807, 2.05) is 4.90 Å². The summed E-state index contributed by atoms with van der Waals surface area (Å²) >= 11 is 0. The summed E-state index contributed by atoms with van der Waals surface area (Å²) < 4.78 is 20.9. The molecule has 3 aromatic rings. The van der Waals surface area contributed by atoms with E-state index in [1.54, 1.807) is 16.8 Å². The summed E-state index contributed by atoms with van der Waals surface area (Å²) in [6.45, 7) is 7.79. The van der Waals surface area contributed by atoms with Crippen molar-refractivity contribution in [3.05, 3.63) is 76.4 Å². The van der Waals surface area contributed by atoms with Crippen LogP contribution in [0, 0.1) is 19.7 Å². The van der Waals surface area contributed by atoms with Crippen molar-refractivity contribution in [1.29, 1.82) is 0 Å². The quantitative estimate of drug-likeness (QED) is 0.632. The van der Waals surface area contributed by atoms with Gasteiger partial charge < -0.3 is 14.5 Å². The molecule has 5 rings (SSSR count). The van der Waals surface area contributed by atoms with Crippen molar-refractivity contribution in [1.82, 2.24) is 19.9 Å². The Morgan fingerprint density at radius 1 is 1.06 bits per heavy atom. The highest BCUT2D eigenvalue weighted by molar-refractivity contribution is 5.93. The van der Waals surface area contributed by atoms with Crippen LogP contribution >= 0.6 is 0 Å². The second kappa shape index (κ2) is 8.35. The average molecular weight is 436 g/mol. The van der Waals surface area contributed by atoms with E-state index in [9.17, 15) is 9.18 Å². The van der Waals surface area contributed by atoms with E-state index in [1.165, 1.54) is 28.9 Å². The van der Waals surface area contributed by atoms with Gasteiger partial charge in [-0.1, -0.05) is 29.5 Å². The topological polar surface area (TPSA) is 63.5 Å². The van der Waals surface area contributed by atoms with Crippen LogP contribution in [0.25, 0.3) is 0 Å². The first-order chi connectivity index (χ1) is 15.5. The van der Waals surface area contributed by atoms with Crippen LogP contribution in [0.15, 0.2) is 42.5 Å². The molecule has 0 saturated carbocycles. The highest BCUT2D eigenvalue weighted by Crippen LogP contribution is 2.28. The molecule has 1 saturated heterocycles. The monoisotopic (exact) mass is 435 g/mol. The molecule has 1 aromatic heterocycles. The second-order valence-electron chi connectivity index (χ2n) is 8.42. The number of carbonyl (C=O) groups is 1. The van der Waals surface area contributed by atoms with Gasteiger partial charge in [-0.2, -0.15) is 0 Å². The second-order valence-corrected chi connectivity index (χ2v) is 8.42. The molecule has 0 spiro atoms. The van der Waals surface area contributed by atoms with Crippen molar-refractivity contribution >= 4 is 11.6 Å². The molecule has 2 aliphatic heterocycles. The minimum atomic E-state index is -0.281. The number of carbonyl (C=O) groups excluding carboxylic acids is 1. The number of benzene rings is 2. The molecule has 1 atom stereocenters. The lowest BCUT2D eigenvalue weighted by Gasteiger charge is -2.37. The molecule has 0 radical (unpaired) electrons. The molecule has 0 aliphatic carbocycles. The van der Waals surface area contributed by atoms with Crippen LogP contribution in [-0.4, -0.2) is 52.0 Å². The van der Waals surface area contributed by atoms with Crippen LogP contribution < -0.4 is 4.90 Å². The van der Waals surface area contributed by atoms with Gasteiger partial charge in [0, 0.05) is 31.9 Å². The van der Waals surface area contributed by atoms with E-state index in [4.69, 9.17) is 4.74 Å². The van der Waals surface area contributed by atoms with Crippen LogP contribution in [0.2, 0.25) is 0 Å². The Morgan fingerprint density at radius 2 is 1.81 bits per heavy atom. The molecule has 2 aliphatic rings. The molecule has 3 heterocycles. The number of hydrogen-bond acceptors (Lipinski definition) is 5. The van der Waals surface area contributed by atoms with Gasteiger partial charge >= 0.3 is 0 Å². The Kier molecular flexibility index (Phi) is 5.38. The number of anilines is 1. The van der Waals surface area contributed by atoms with E-state index in [0.717, 1.165) is 18.7 Å². The highest BCUT2D eigenvalue weighted by Gasteiger charge is 2.31. The van der Waals surface area contributed by atoms with E-state index in [-0.39, 0.29) is 24.4 Å². The largest absolute Gasteiger partial charge is 0.368 e. The van der Waals surface area contributed by atoms with Crippen LogP contribution in [0.3, 0.4) is 0 Å². The molecule has 7 nitrogen and oxygen atoms in total. The molecular formula is C24H26FN5O2. The molecular weight excluding hydrogens is 409 g/mol. The molecule has 166 valence electrons. The lowest BCUT2D eigenvalue weighted by Crippen LogP contribution is -2.49. The average Bonchev–Trinajstić information content (AvgIpc) is 3.24. The van der Waals surface area contributed by atoms with Gasteiger partial charge in [0.2, 0.25) is 0 Å². The molecule has 2 aromatic carbocycles. The predicted molar refractivity (Wildman–Crippen MR) is 118 cm³/mol. The summed E-state index contributed by atoms with van der Waals surface area (Å²) in [4.78, 5) is 17.4. The zero-order chi connectivity index (χ0) is 22.2. The first kappa shape index (κ1) is 20.6. The van der Waals surface area contributed by atoms with Crippen molar-refractivity contribution in [3.63, 3.8) is 0 Å². The van der Waals surface area contributed by atoms with Crippen LogP contribution in [0.5, 0.6) is 0 Å². The SMILES string of the molecule is Cc1cccc(N2CCN(C(=O)c3nnn4c3CO[C@@H](c3ccc(F)cc3)C4)CC2)c1C. The molecule has 0 bridgehead atoms. The number of aryl methyl sites for hydroxylation is 1. The standard InChI is InChI=1S/C24H26FN5O2/c1-16-4-3-5-20(17(16)2)28-10-12-29(13-11-28)24(31)23-21-15-32-22(14-30(21)27-26-23)18-6-8-19(25)9-7-18/h3-9,22H,10-15H2,1-2H3/t22-/m1/s1. The van der Waals surface area contributed by atoms with Gasteiger partial charge in [-0.3, -0.25) is 4.79 Å². The molecule has 1 amide bonds. The maximum Gasteiger partial charge on any atom is 0.276 e. The molecule has 32 heavy (non-hydrogen) atoms. The lowest BCUT2D eigenvalue weighted by molar-refractivity contribution is -0.00199. The van der Waals surface area contributed by atoms with Gasteiger partial charge in [-0.05, 0) is 48.7 Å². The summed E-state index contributed by atoms with van der Waals surface area (Å²) in [5.74, 6) is -0.382. The highest BCUT2D eigenvalue weighted by atomic mass is 19.1. The first-order valence-electron chi connectivity index (χ1n) is 10.9. The molecule has 0 N–H and O–H groups in total. The smallest absolute Gasteiger partial charge is 0.276 e. The minimum Gasteiger partial charge on any atom is -0.368 e. The zero-order valence-corrected chi connectivity index (χ0v) is 18.3. The van der Waals surface area contributed by atoms with Gasteiger partial charge in [0.15, 0.2) is 5.69 Å². The fourth-order valence-electron chi connectivity index (χ4n) is 4.44. The van der Waals surface area contributed by atoms with Crippen LogP contribution in [0.1, 0.15) is 39.0 Å². The summed E-state index contributed by atoms with van der Waals surface area (Å²) in [5, 5.41) is 8.39. The molecule has 1 fully saturated rings. The van der Waals surface area contributed by atoms with E-state index in [0.29, 0.717) is 31.0 Å². The van der Waals surface area contributed by atoms with Gasteiger partial charge in [0.05, 0.1) is 18.8 Å². The number of amides is 1. The third kappa shape index (κ3) is 3.75. The van der Waals surface area contributed by atoms with Crippen molar-refractivity contribution in [2.24, 2.45) is 0 Å². The van der Waals surface area contributed by atoms with Crippen molar-refractivity contribution in [2.45, 2.75) is 33.1 Å². The van der Waals surface area contributed by atoms with Gasteiger partial charge in [0.25, 0.3) is 5.91 Å². The summed E-state index contributed by atoms with van der Waals surface area (Å²) in [7, 11) is 0. The van der Waals surface area contributed by atoms with Gasteiger partial charge in [-0.25, -0.2) is 9.07 Å². The lowest BCUT2D eigenvalue weighted by atomic mass is 10.1. The van der Waals surface area contributed by atoms with Crippen molar-refractivity contribution < 1.29 is 13.9 Å². The summed E-state index contributed by atoms with van der Waals surface area (Å²) in [6, 6.07) is 12.6. The number of fused-ring (bicyclic) bond motifs is 1. The third-order valence-corrected chi connectivity index (χ3v) is 6.53. The Balaban J connectivity index is 1.26. The minimum absolute atomic E-state index is 0.101.